The summed E-state index contributed by atoms with van der Waals surface area (Å²) >= 11 is 0. The highest BCUT2D eigenvalue weighted by molar-refractivity contribution is 5.85. The maximum absolute atomic E-state index is 11.2. The Kier molecular flexibility index (Phi) is 6.74. The van der Waals surface area contributed by atoms with E-state index in [1.54, 1.807) is 11.1 Å². The molecule has 0 saturated heterocycles. The van der Waals surface area contributed by atoms with E-state index in [1.165, 1.54) is 38.2 Å². The summed E-state index contributed by atoms with van der Waals surface area (Å²) in [5.74, 6) is 0.348. The van der Waals surface area contributed by atoms with Gasteiger partial charge in [-0.2, -0.15) is 0 Å². The smallest absolute Gasteiger partial charge is 0.331 e. The third-order valence-electron chi connectivity index (χ3n) is 7.88. The molecule has 29 heavy (non-hydrogen) atoms. The Balaban J connectivity index is 1.68. The van der Waals surface area contributed by atoms with Crippen molar-refractivity contribution in [2.24, 2.45) is 16.7 Å². The number of rotatable bonds is 7. The molecule has 1 fully saturated rings. The molecule has 1 saturated carbocycles. The molecule has 3 atom stereocenters. The molecule has 0 aromatic rings. The van der Waals surface area contributed by atoms with E-state index in [9.17, 15) is 15.0 Å². The molecule has 1 aliphatic heterocycles. The normalized spacial score (nSPS) is 30.7. The number of hydrogen-bond acceptors (Lipinski definition) is 4. The first-order valence-corrected chi connectivity index (χ1v) is 11.2. The van der Waals surface area contributed by atoms with E-state index in [2.05, 4.69) is 27.7 Å². The lowest BCUT2D eigenvalue weighted by atomic mass is 9.50. The molecule has 0 bridgehead atoms. The van der Waals surface area contributed by atoms with E-state index in [-0.39, 0.29) is 24.6 Å². The van der Waals surface area contributed by atoms with Crippen molar-refractivity contribution < 1.29 is 19.7 Å². The maximum atomic E-state index is 11.2. The third kappa shape index (κ3) is 4.69. The van der Waals surface area contributed by atoms with E-state index in [0.717, 1.165) is 24.3 Å². The van der Waals surface area contributed by atoms with Crippen LogP contribution in [0.4, 0.5) is 0 Å². The molecular formula is C25H38O4. The van der Waals surface area contributed by atoms with Gasteiger partial charge in [0.1, 0.15) is 6.61 Å². The predicted octanol–water partition coefficient (Wildman–Crippen LogP) is 4.86. The Labute approximate surface area is 175 Å². The van der Waals surface area contributed by atoms with Crippen LogP contribution in [-0.2, 0) is 9.53 Å². The Morgan fingerprint density at radius 2 is 2.10 bits per heavy atom. The fourth-order valence-corrected chi connectivity index (χ4v) is 6.23. The summed E-state index contributed by atoms with van der Waals surface area (Å²) in [6.45, 7) is 9.85. The summed E-state index contributed by atoms with van der Waals surface area (Å²) in [5.41, 5.74) is 5.42. The van der Waals surface area contributed by atoms with Crippen LogP contribution in [0.1, 0.15) is 79.1 Å². The van der Waals surface area contributed by atoms with Gasteiger partial charge in [0.2, 0.25) is 0 Å². The Morgan fingerprint density at radius 1 is 1.34 bits per heavy atom. The molecule has 0 amide bonds. The topological polar surface area (TPSA) is 66.8 Å². The number of fused-ring (bicyclic) bond motifs is 1. The number of aliphatic hydroxyl groups is 2. The van der Waals surface area contributed by atoms with Crippen LogP contribution in [0.3, 0.4) is 0 Å². The number of aliphatic hydroxyl groups excluding tert-OH is 2. The van der Waals surface area contributed by atoms with Crippen LogP contribution >= 0.6 is 0 Å². The number of carbonyl (C=O) groups excluding carboxylic acids is 1. The van der Waals surface area contributed by atoms with Gasteiger partial charge in [-0.15, -0.1) is 0 Å². The van der Waals surface area contributed by atoms with Gasteiger partial charge in [-0.05, 0) is 74.2 Å². The number of cyclic esters (lactones) is 1. The van der Waals surface area contributed by atoms with Crippen LogP contribution in [0.15, 0.2) is 34.4 Å². The molecule has 0 aromatic heterocycles. The van der Waals surface area contributed by atoms with Crippen molar-refractivity contribution in [3.8, 4) is 0 Å². The van der Waals surface area contributed by atoms with Gasteiger partial charge >= 0.3 is 5.97 Å². The third-order valence-corrected chi connectivity index (χ3v) is 7.88. The van der Waals surface area contributed by atoms with Gasteiger partial charge in [0.25, 0.3) is 0 Å². The van der Waals surface area contributed by atoms with E-state index in [0.29, 0.717) is 17.4 Å². The minimum absolute atomic E-state index is 0.0131. The van der Waals surface area contributed by atoms with Crippen molar-refractivity contribution >= 4 is 5.97 Å². The summed E-state index contributed by atoms with van der Waals surface area (Å²) in [7, 11) is 0. The molecule has 2 N–H and O–H groups in total. The molecule has 4 heteroatoms. The zero-order valence-corrected chi connectivity index (χ0v) is 18.6. The van der Waals surface area contributed by atoms with Crippen LogP contribution in [0.5, 0.6) is 0 Å². The van der Waals surface area contributed by atoms with E-state index in [4.69, 9.17) is 4.74 Å². The second-order valence-corrected chi connectivity index (χ2v) is 10.2. The molecule has 0 spiro atoms. The average molecular weight is 403 g/mol. The van der Waals surface area contributed by atoms with E-state index in [1.807, 2.05) is 6.08 Å². The first kappa shape index (κ1) is 22.3. The second kappa shape index (κ2) is 8.77. The second-order valence-electron chi connectivity index (χ2n) is 10.2. The van der Waals surface area contributed by atoms with Gasteiger partial charge in [0, 0.05) is 11.6 Å². The monoisotopic (exact) mass is 402 g/mol. The van der Waals surface area contributed by atoms with Crippen molar-refractivity contribution in [3.05, 3.63) is 34.4 Å². The minimum Gasteiger partial charge on any atom is -0.458 e. The van der Waals surface area contributed by atoms with Gasteiger partial charge < -0.3 is 14.9 Å². The summed E-state index contributed by atoms with van der Waals surface area (Å²) in [5, 5.41) is 20.1. The van der Waals surface area contributed by atoms with E-state index >= 15 is 0 Å². The van der Waals surface area contributed by atoms with Gasteiger partial charge in [0.05, 0.1) is 12.7 Å². The minimum atomic E-state index is -0.723. The molecule has 0 unspecified atom stereocenters. The van der Waals surface area contributed by atoms with Crippen LogP contribution in [0.25, 0.3) is 0 Å². The molecule has 162 valence electrons. The van der Waals surface area contributed by atoms with Gasteiger partial charge in [0.15, 0.2) is 0 Å². The quantitative estimate of drug-likeness (QED) is 0.471. The Morgan fingerprint density at radius 3 is 2.76 bits per heavy atom. The molecule has 3 aliphatic rings. The average Bonchev–Trinajstić information content (AvgIpc) is 3.09. The summed E-state index contributed by atoms with van der Waals surface area (Å²) in [6.07, 6.45) is 11.2. The lowest BCUT2D eigenvalue weighted by Crippen LogP contribution is -2.45. The van der Waals surface area contributed by atoms with Crippen LogP contribution in [0.2, 0.25) is 0 Å². The van der Waals surface area contributed by atoms with Gasteiger partial charge in [-0.25, -0.2) is 4.79 Å². The van der Waals surface area contributed by atoms with Gasteiger partial charge in [-0.3, -0.25) is 0 Å². The number of carbonyl (C=O) groups is 1. The lowest BCUT2D eigenvalue weighted by Gasteiger charge is -2.55. The van der Waals surface area contributed by atoms with Gasteiger partial charge in [-0.1, -0.05) is 44.4 Å². The Bertz CT molecular complexity index is 727. The number of hydrogen-bond donors (Lipinski definition) is 2. The predicted molar refractivity (Wildman–Crippen MR) is 115 cm³/mol. The lowest BCUT2D eigenvalue weighted by molar-refractivity contribution is -0.135. The van der Waals surface area contributed by atoms with E-state index < -0.39 is 6.10 Å². The largest absolute Gasteiger partial charge is 0.458 e. The van der Waals surface area contributed by atoms with Crippen molar-refractivity contribution in [3.63, 3.8) is 0 Å². The molecular weight excluding hydrogens is 364 g/mol. The first-order chi connectivity index (χ1) is 13.7. The SMILES string of the molecule is CC1=C(CC/C(=C/C[C@@H](O)C2=CC(=O)OC2)CO)[C@@]2(C)CCCC(C)(C)[C@@H]2CC1. The summed E-state index contributed by atoms with van der Waals surface area (Å²) in [6, 6.07) is 0. The fourth-order valence-electron chi connectivity index (χ4n) is 6.23. The van der Waals surface area contributed by atoms with Crippen LogP contribution in [0, 0.1) is 16.7 Å². The summed E-state index contributed by atoms with van der Waals surface area (Å²) in [4.78, 5) is 11.2. The zero-order valence-electron chi connectivity index (χ0n) is 18.6. The highest BCUT2D eigenvalue weighted by Gasteiger charge is 2.49. The van der Waals surface area contributed by atoms with Crippen molar-refractivity contribution in [2.45, 2.75) is 85.2 Å². The van der Waals surface area contributed by atoms with Crippen molar-refractivity contribution in [1.29, 1.82) is 0 Å². The van der Waals surface area contributed by atoms with Crippen molar-refractivity contribution in [2.75, 3.05) is 13.2 Å². The standard InChI is InChI=1S/C25H38O4/c1-17-6-11-22-24(2,3)12-5-13-25(22,4)20(17)9-7-18(15-26)8-10-21(27)19-14-23(28)29-16-19/h8,14,21-22,26-27H,5-7,9-13,15-16H2,1-4H3/b18-8-/t21-,22+,25-/m1/s1. The molecule has 0 radical (unpaired) electrons. The van der Waals surface area contributed by atoms with Crippen LogP contribution in [-0.4, -0.2) is 35.5 Å². The molecule has 3 rings (SSSR count). The van der Waals surface area contributed by atoms with Crippen LogP contribution < -0.4 is 0 Å². The highest BCUT2D eigenvalue weighted by Crippen LogP contribution is 2.60. The molecule has 0 aromatic carbocycles. The summed E-state index contributed by atoms with van der Waals surface area (Å²) < 4.78 is 4.87. The molecule has 4 nitrogen and oxygen atoms in total. The molecule has 2 aliphatic carbocycles. The highest BCUT2D eigenvalue weighted by atomic mass is 16.5. The Hall–Kier alpha value is -1.39. The maximum Gasteiger partial charge on any atom is 0.331 e. The first-order valence-electron chi connectivity index (χ1n) is 11.2. The zero-order chi connectivity index (χ0) is 21.2. The number of allylic oxidation sites excluding steroid dienone is 2. The number of ether oxygens (including phenoxy) is 1. The molecule has 1 heterocycles. The number of esters is 1. The van der Waals surface area contributed by atoms with Crippen molar-refractivity contribution in [1.82, 2.24) is 0 Å². The fraction of sp³-hybridized carbons (Fsp3) is 0.720.